The van der Waals surface area contributed by atoms with E-state index in [1.807, 2.05) is 37.3 Å². The summed E-state index contributed by atoms with van der Waals surface area (Å²) in [5.41, 5.74) is 4.38. The molecule has 0 amide bonds. The predicted octanol–water partition coefficient (Wildman–Crippen LogP) is 5.25. The SMILES string of the molecule is Cc1nc(Cl)cc(OCc2ccccc2)c1CN(C)Cc1ccccc1. The zero-order chi connectivity index (χ0) is 18.4. The number of rotatable bonds is 7. The van der Waals surface area contributed by atoms with Crippen LogP contribution in [0.3, 0.4) is 0 Å². The first kappa shape index (κ1) is 18.4. The van der Waals surface area contributed by atoms with E-state index in [2.05, 4.69) is 53.3 Å². The van der Waals surface area contributed by atoms with E-state index in [0.29, 0.717) is 11.8 Å². The zero-order valence-corrected chi connectivity index (χ0v) is 15.9. The number of hydrogen-bond donors (Lipinski definition) is 0. The molecule has 1 aromatic heterocycles. The lowest BCUT2D eigenvalue weighted by molar-refractivity contribution is 0.280. The molecule has 0 saturated carbocycles. The molecule has 0 bridgehead atoms. The molecule has 1 heterocycles. The first-order valence-corrected chi connectivity index (χ1v) is 9.05. The Labute approximate surface area is 160 Å². The Morgan fingerprint density at radius 1 is 0.923 bits per heavy atom. The van der Waals surface area contributed by atoms with Crippen molar-refractivity contribution in [2.24, 2.45) is 0 Å². The molecule has 3 aromatic rings. The highest BCUT2D eigenvalue weighted by atomic mass is 35.5. The molecule has 4 heteroatoms. The van der Waals surface area contributed by atoms with Gasteiger partial charge in [0.25, 0.3) is 0 Å². The van der Waals surface area contributed by atoms with Gasteiger partial charge in [0, 0.05) is 30.4 Å². The van der Waals surface area contributed by atoms with E-state index in [0.717, 1.165) is 35.7 Å². The lowest BCUT2D eigenvalue weighted by atomic mass is 10.1. The number of aryl methyl sites for hydroxylation is 1. The van der Waals surface area contributed by atoms with Crippen molar-refractivity contribution in [3.05, 3.63) is 94.3 Å². The molecule has 2 aromatic carbocycles. The minimum Gasteiger partial charge on any atom is -0.488 e. The van der Waals surface area contributed by atoms with Crippen molar-refractivity contribution in [1.29, 1.82) is 0 Å². The highest BCUT2D eigenvalue weighted by molar-refractivity contribution is 6.29. The number of pyridine rings is 1. The molecule has 0 N–H and O–H groups in total. The van der Waals surface area contributed by atoms with Crippen LogP contribution in [0, 0.1) is 6.92 Å². The Morgan fingerprint density at radius 2 is 1.54 bits per heavy atom. The molecule has 0 radical (unpaired) electrons. The van der Waals surface area contributed by atoms with Gasteiger partial charge in [-0.25, -0.2) is 4.98 Å². The van der Waals surface area contributed by atoms with Crippen molar-refractivity contribution in [3.63, 3.8) is 0 Å². The van der Waals surface area contributed by atoms with Crippen LogP contribution in [-0.4, -0.2) is 16.9 Å². The number of benzene rings is 2. The van der Waals surface area contributed by atoms with Gasteiger partial charge >= 0.3 is 0 Å². The van der Waals surface area contributed by atoms with Gasteiger partial charge in [-0.1, -0.05) is 72.3 Å². The van der Waals surface area contributed by atoms with E-state index in [-0.39, 0.29) is 0 Å². The molecular formula is C22H23ClN2O. The zero-order valence-electron chi connectivity index (χ0n) is 15.2. The average molecular weight is 367 g/mol. The standard InChI is InChI=1S/C22H23ClN2O/c1-17-20(15-25(2)14-18-9-5-3-6-10-18)21(13-22(23)24-17)26-16-19-11-7-4-8-12-19/h3-13H,14-16H2,1-2H3. The fourth-order valence-electron chi connectivity index (χ4n) is 2.91. The Kier molecular flexibility index (Phi) is 6.26. The second-order valence-electron chi connectivity index (χ2n) is 6.44. The number of hydrogen-bond acceptors (Lipinski definition) is 3. The van der Waals surface area contributed by atoms with Crippen molar-refractivity contribution < 1.29 is 4.74 Å². The van der Waals surface area contributed by atoms with E-state index < -0.39 is 0 Å². The molecule has 0 fully saturated rings. The second kappa shape index (κ2) is 8.84. The van der Waals surface area contributed by atoms with Crippen LogP contribution < -0.4 is 4.74 Å². The highest BCUT2D eigenvalue weighted by Gasteiger charge is 2.13. The summed E-state index contributed by atoms with van der Waals surface area (Å²) in [4.78, 5) is 6.66. The van der Waals surface area contributed by atoms with Gasteiger partial charge in [-0.2, -0.15) is 0 Å². The van der Waals surface area contributed by atoms with Gasteiger partial charge in [0.2, 0.25) is 0 Å². The van der Waals surface area contributed by atoms with Gasteiger partial charge in [-0.05, 0) is 25.1 Å². The molecule has 26 heavy (non-hydrogen) atoms. The maximum Gasteiger partial charge on any atom is 0.133 e. The molecule has 0 saturated heterocycles. The van der Waals surface area contributed by atoms with E-state index in [1.165, 1.54) is 5.56 Å². The topological polar surface area (TPSA) is 25.4 Å². The fourth-order valence-corrected chi connectivity index (χ4v) is 3.14. The number of ether oxygens (including phenoxy) is 1. The van der Waals surface area contributed by atoms with Crippen molar-refractivity contribution in [3.8, 4) is 5.75 Å². The van der Waals surface area contributed by atoms with Crippen molar-refractivity contribution in [2.75, 3.05) is 7.05 Å². The van der Waals surface area contributed by atoms with E-state index in [4.69, 9.17) is 16.3 Å². The van der Waals surface area contributed by atoms with Gasteiger partial charge in [0.05, 0.1) is 0 Å². The average Bonchev–Trinajstić information content (AvgIpc) is 2.64. The summed E-state index contributed by atoms with van der Waals surface area (Å²) in [6, 6.07) is 22.4. The molecular weight excluding hydrogens is 344 g/mol. The second-order valence-corrected chi connectivity index (χ2v) is 6.83. The maximum atomic E-state index is 6.17. The van der Waals surface area contributed by atoms with Crippen LogP contribution in [0.5, 0.6) is 5.75 Å². The summed E-state index contributed by atoms with van der Waals surface area (Å²) in [7, 11) is 2.10. The Hall–Kier alpha value is -2.36. The summed E-state index contributed by atoms with van der Waals surface area (Å²) < 4.78 is 6.08. The lowest BCUT2D eigenvalue weighted by Gasteiger charge is -2.20. The van der Waals surface area contributed by atoms with E-state index in [9.17, 15) is 0 Å². The van der Waals surface area contributed by atoms with Crippen molar-refractivity contribution >= 4 is 11.6 Å². The van der Waals surface area contributed by atoms with Crippen LogP contribution in [0.4, 0.5) is 0 Å². The van der Waals surface area contributed by atoms with Gasteiger partial charge in [-0.15, -0.1) is 0 Å². The molecule has 0 atom stereocenters. The van der Waals surface area contributed by atoms with Crippen LogP contribution in [0.2, 0.25) is 5.15 Å². The molecule has 3 nitrogen and oxygen atoms in total. The smallest absolute Gasteiger partial charge is 0.133 e. The first-order valence-electron chi connectivity index (χ1n) is 8.67. The largest absolute Gasteiger partial charge is 0.488 e. The monoisotopic (exact) mass is 366 g/mol. The molecule has 0 aliphatic rings. The summed E-state index contributed by atoms with van der Waals surface area (Å²) >= 11 is 6.17. The molecule has 0 spiro atoms. The highest BCUT2D eigenvalue weighted by Crippen LogP contribution is 2.27. The molecule has 0 aliphatic carbocycles. The van der Waals surface area contributed by atoms with Gasteiger partial charge in [0.15, 0.2) is 0 Å². The number of nitrogens with zero attached hydrogens (tertiary/aromatic N) is 2. The Bertz CT molecular complexity index is 838. The molecule has 134 valence electrons. The predicted molar refractivity (Wildman–Crippen MR) is 106 cm³/mol. The van der Waals surface area contributed by atoms with Crippen LogP contribution in [0.15, 0.2) is 66.7 Å². The van der Waals surface area contributed by atoms with Crippen LogP contribution in [-0.2, 0) is 19.7 Å². The van der Waals surface area contributed by atoms with E-state index in [1.54, 1.807) is 0 Å². The molecule has 3 rings (SSSR count). The third-order valence-corrected chi connectivity index (χ3v) is 4.41. The summed E-state index contributed by atoms with van der Waals surface area (Å²) in [6.07, 6.45) is 0. The normalized spacial score (nSPS) is 10.9. The third-order valence-electron chi connectivity index (χ3n) is 4.22. The fraction of sp³-hybridized carbons (Fsp3) is 0.227. The van der Waals surface area contributed by atoms with Crippen molar-refractivity contribution in [1.82, 2.24) is 9.88 Å². The Balaban J connectivity index is 1.75. The number of aromatic nitrogens is 1. The summed E-state index contributed by atoms with van der Waals surface area (Å²) in [6.45, 7) is 4.10. The van der Waals surface area contributed by atoms with E-state index >= 15 is 0 Å². The summed E-state index contributed by atoms with van der Waals surface area (Å²) in [5, 5.41) is 0.458. The molecule has 0 unspecified atom stereocenters. The maximum absolute atomic E-state index is 6.17. The minimum atomic E-state index is 0.458. The van der Waals surface area contributed by atoms with Crippen LogP contribution in [0.1, 0.15) is 22.4 Å². The van der Waals surface area contributed by atoms with Gasteiger partial charge in [0.1, 0.15) is 17.5 Å². The first-order chi connectivity index (χ1) is 12.6. The quantitative estimate of drug-likeness (QED) is 0.534. The summed E-state index contributed by atoms with van der Waals surface area (Å²) in [5.74, 6) is 0.797. The van der Waals surface area contributed by atoms with Gasteiger partial charge in [-0.3, -0.25) is 4.90 Å². The lowest BCUT2D eigenvalue weighted by Crippen LogP contribution is -2.19. The number of halogens is 1. The van der Waals surface area contributed by atoms with Crippen LogP contribution >= 0.6 is 11.6 Å². The molecule has 0 aliphatic heterocycles. The third kappa shape index (κ3) is 5.07. The van der Waals surface area contributed by atoms with Crippen molar-refractivity contribution in [2.45, 2.75) is 26.6 Å². The van der Waals surface area contributed by atoms with Crippen LogP contribution in [0.25, 0.3) is 0 Å². The van der Waals surface area contributed by atoms with Gasteiger partial charge < -0.3 is 4.74 Å². The minimum absolute atomic E-state index is 0.458. The Morgan fingerprint density at radius 3 is 2.19 bits per heavy atom.